The Morgan fingerprint density at radius 3 is 2.42 bits per heavy atom. The van der Waals surface area contributed by atoms with Crippen LogP contribution in [0.2, 0.25) is 0 Å². The van der Waals surface area contributed by atoms with Crippen LogP contribution in [-0.2, 0) is 18.7 Å². The lowest BCUT2D eigenvalue weighted by atomic mass is 9.94. The number of benzene rings is 1. The molecular weight excluding hydrogens is 613 g/mol. The molecule has 5 rings (SSSR count). The number of ether oxygens (including phenoxy) is 2. The molecule has 5 N–H and O–H groups in total. The fourth-order valence-corrected chi connectivity index (χ4v) is 8.76. The highest BCUT2D eigenvalue weighted by Crippen LogP contribution is 2.60. The minimum absolute atomic E-state index is 0.101. The zero-order valence-electron chi connectivity index (χ0n) is 23.4. The largest absolute Gasteiger partial charge is 0.492 e. The summed E-state index contributed by atoms with van der Waals surface area (Å²) in [4.78, 5) is 78.4. The van der Waals surface area contributed by atoms with Gasteiger partial charge in [0.1, 0.15) is 11.3 Å². The molecule has 1 saturated carbocycles. The summed E-state index contributed by atoms with van der Waals surface area (Å²) < 4.78 is 51.3. The Morgan fingerprint density at radius 2 is 1.84 bits per heavy atom. The van der Waals surface area contributed by atoms with Gasteiger partial charge in [-0.05, 0) is 44.2 Å². The summed E-state index contributed by atoms with van der Waals surface area (Å²) in [6, 6.07) is 1.14. The van der Waals surface area contributed by atoms with Crippen LogP contribution >= 0.6 is 15.2 Å². The van der Waals surface area contributed by atoms with Gasteiger partial charge in [-0.3, -0.25) is 18.7 Å². The molecule has 1 aromatic carbocycles. The van der Waals surface area contributed by atoms with Crippen LogP contribution in [0, 0.1) is 11.7 Å². The maximum absolute atomic E-state index is 15.8. The summed E-state index contributed by atoms with van der Waals surface area (Å²) >= 11 is 0. The maximum Gasteiger partial charge on any atom is 0.360 e. The van der Waals surface area contributed by atoms with Crippen molar-refractivity contribution in [2.45, 2.75) is 43.3 Å². The smallest absolute Gasteiger partial charge is 0.360 e. The zero-order chi connectivity index (χ0) is 31.4. The molecule has 1 aliphatic carbocycles. The summed E-state index contributed by atoms with van der Waals surface area (Å²) in [5, 5.41) is 3.34. The van der Waals surface area contributed by atoms with Gasteiger partial charge in [0, 0.05) is 38.4 Å². The number of aromatic nitrogens is 1. The van der Waals surface area contributed by atoms with Gasteiger partial charge in [-0.25, -0.2) is 9.18 Å². The highest BCUT2D eigenvalue weighted by Gasteiger charge is 2.48. The number of amides is 1. The Labute approximate surface area is 244 Å². The highest BCUT2D eigenvalue weighted by atomic mass is 31.2. The first-order chi connectivity index (χ1) is 20.1. The number of anilines is 1. The molecule has 18 heteroatoms. The number of carbonyl (C=O) groups is 2. The Hall–Kier alpha value is -2.84. The number of hydrogen-bond acceptors (Lipinski definition) is 9. The molecule has 2 aliphatic heterocycles. The van der Waals surface area contributed by atoms with E-state index in [0.29, 0.717) is 24.5 Å². The summed E-state index contributed by atoms with van der Waals surface area (Å²) in [7, 11) is -8.88. The zero-order valence-corrected chi connectivity index (χ0v) is 25.2. The van der Waals surface area contributed by atoms with E-state index >= 15 is 4.39 Å². The molecule has 2 unspecified atom stereocenters. The van der Waals surface area contributed by atoms with Gasteiger partial charge in [-0.2, -0.15) is 0 Å². The molecule has 3 fully saturated rings. The summed E-state index contributed by atoms with van der Waals surface area (Å²) in [6.07, 6.45) is 4.73. The summed E-state index contributed by atoms with van der Waals surface area (Å²) in [5.41, 5.74) is -3.66. The molecule has 43 heavy (non-hydrogen) atoms. The van der Waals surface area contributed by atoms with E-state index in [1.165, 1.54) is 13.3 Å². The standard InChI is InChI=1S/C25H33FN4O11P2/c1-28(25(42(34,35)36)43(37,38)39)19(31)12-41-24(33)16-10-30(14-5-6-14)20-15(22(16)32)8-17(26)21(23(20)40-2)29-9-13-4-3-7-27-18(13)11-29/h8,10,13-14,18,25,27H,3-7,9,11-12H2,1-2H3,(H2,34,35,36)(H2,37,38,39). The van der Waals surface area contributed by atoms with E-state index in [-0.39, 0.29) is 33.8 Å². The van der Waals surface area contributed by atoms with Crippen molar-refractivity contribution in [1.82, 2.24) is 14.8 Å². The molecule has 236 valence electrons. The second kappa shape index (κ2) is 11.6. The fourth-order valence-electron chi connectivity index (χ4n) is 6.03. The van der Waals surface area contributed by atoms with Crippen molar-refractivity contribution in [3.8, 4) is 5.75 Å². The van der Waals surface area contributed by atoms with Crippen LogP contribution in [0.4, 0.5) is 10.1 Å². The number of pyridine rings is 1. The molecule has 0 radical (unpaired) electrons. The van der Waals surface area contributed by atoms with Gasteiger partial charge >= 0.3 is 21.2 Å². The van der Waals surface area contributed by atoms with Crippen LogP contribution in [0.15, 0.2) is 17.1 Å². The van der Waals surface area contributed by atoms with Gasteiger partial charge in [-0.15, -0.1) is 0 Å². The van der Waals surface area contributed by atoms with E-state index in [9.17, 15) is 43.1 Å². The third-order valence-corrected chi connectivity index (χ3v) is 11.8. The molecule has 1 amide bonds. The molecule has 2 atom stereocenters. The van der Waals surface area contributed by atoms with Crippen molar-refractivity contribution in [2.24, 2.45) is 5.92 Å². The number of hydrogen-bond donors (Lipinski definition) is 5. The number of fused-ring (bicyclic) bond motifs is 2. The number of carbonyl (C=O) groups excluding carboxylic acids is 2. The van der Waals surface area contributed by atoms with Crippen LogP contribution in [0.25, 0.3) is 10.9 Å². The molecule has 0 bridgehead atoms. The number of piperidine rings is 1. The summed E-state index contributed by atoms with van der Waals surface area (Å²) in [6.45, 7) is 0.883. The van der Waals surface area contributed by atoms with Crippen LogP contribution < -0.4 is 20.4 Å². The predicted octanol–water partition coefficient (Wildman–Crippen LogP) is 0.927. The quantitative estimate of drug-likeness (QED) is 0.190. The summed E-state index contributed by atoms with van der Waals surface area (Å²) in [5.74, 6) is -2.82. The van der Waals surface area contributed by atoms with Crippen molar-refractivity contribution >= 4 is 43.7 Å². The molecule has 3 heterocycles. The van der Waals surface area contributed by atoms with Crippen molar-refractivity contribution in [3.05, 3.63) is 33.9 Å². The van der Waals surface area contributed by atoms with Crippen molar-refractivity contribution in [2.75, 3.05) is 45.3 Å². The van der Waals surface area contributed by atoms with Gasteiger partial charge < -0.3 is 48.7 Å². The van der Waals surface area contributed by atoms with E-state index in [0.717, 1.165) is 45.3 Å². The maximum atomic E-state index is 15.8. The van der Waals surface area contributed by atoms with Gasteiger partial charge in [-0.1, -0.05) is 0 Å². The van der Waals surface area contributed by atoms with Crippen LogP contribution in [0.1, 0.15) is 42.1 Å². The molecule has 0 spiro atoms. The molecule has 3 aliphatic rings. The minimum atomic E-state index is -5.50. The lowest BCUT2D eigenvalue weighted by molar-refractivity contribution is -0.133. The van der Waals surface area contributed by atoms with E-state index in [1.54, 1.807) is 4.57 Å². The molecule has 2 aromatic rings. The first-order valence-corrected chi connectivity index (χ1v) is 17.0. The molecular formula is C25H33FN4O11P2. The third-order valence-electron chi connectivity index (χ3n) is 8.15. The number of rotatable bonds is 9. The minimum Gasteiger partial charge on any atom is -0.492 e. The number of methoxy groups -OCH3 is 1. The lowest BCUT2D eigenvalue weighted by Gasteiger charge is -2.28. The number of halogens is 1. The van der Waals surface area contributed by atoms with Gasteiger partial charge in [0.05, 0.1) is 18.0 Å². The highest BCUT2D eigenvalue weighted by molar-refractivity contribution is 7.70. The van der Waals surface area contributed by atoms with E-state index in [4.69, 9.17) is 9.47 Å². The van der Waals surface area contributed by atoms with Gasteiger partial charge in [0.25, 0.3) is 5.91 Å². The Kier molecular flexibility index (Phi) is 8.51. The third kappa shape index (κ3) is 6.10. The molecule has 1 aromatic heterocycles. The SMILES string of the molecule is COc1c(N2CC3CCCNC3C2)c(F)cc2c(=O)c(C(=O)OCC(=O)N(C)C(P(=O)(O)O)P(=O)(O)O)cn(C3CC3)c12. The van der Waals surface area contributed by atoms with E-state index in [2.05, 4.69) is 5.32 Å². The number of likely N-dealkylation sites (N-methyl/N-ethyl adjacent to an activating group) is 1. The van der Waals surface area contributed by atoms with Crippen molar-refractivity contribution in [1.29, 1.82) is 0 Å². The molecule has 2 saturated heterocycles. The fraction of sp³-hybridized carbons (Fsp3) is 0.560. The lowest BCUT2D eigenvalue weighted by Crippen LogP contribution is -2.40. The van der Waals surface area contributed by atoms with E-state index < -0.39 is 56.0 Å². The molecule has 15 nitrogen and oxygen atoms in total. The van der Waals surface area contributed by atoms with Crippen LogP contribution in [-0.4, -0.2) is 92.9 Å². The van der Waals surface area contributed by atoms with Crippen LogP contribution in [0.5, 0.6) is 5.75 Å². The Morgan fingerprint density at radius 1 is 1.16 bits per heavy atom. The van der Waals surface area contributed by atoms with Crippen molar-refractivity contribution < 1.29 is 52.2 Å². The second-order valence-electron chi connectivity index (χ2n) is 11.1. The predicted molar refractivity (Wildman–Crippen MR) is 151 cm³/mol. The topological polar surface area (TPSA) is 208 Å². The Bertz CT molecular complexity index is 1580. The van der Waals surface area contributed by atoms with Crippen molar-refractivity contribution in [3.63, 3.8) is 0 Å². The normalized spacial score (nSPS) is 20.8. The van der Waals surface area contributed by atoms with Gasteiger partial charge in [0.2, 0.25) is 11.0 Å². The average Bonchev–Trinajstić information content (AvgIpc) is 3.67. The first kappa shape index (κ1) is 31.6. The Balaban J connectivity index is 1.47. The second-order valence-corrected chi connectivity index (χ2v) is 14.9. The van der Waals surface area contributed by atoms with Gasteiger partial charge in [0.15, 0.2) is 18.2 Å². The number of nitrogens with one attached hydrogen (secondary N) is 1. The first-order valence-electron chi connectivity index (χ1n) is 13.6. The van der Waals surface area contributed by atoms with Crippen LogP contribution in [0.3, 0.4) is 0 Å². The average molecular weight is 647 g/mol. The monoisotopic (exact) mass is 646 g/mol. The number of esters is 1. The van der Waals surface area contributed by atoms with E-state index in [1.807, 2.05) is 4.90 Å². The number of nitrogens with zero attached hydrogens (tertiary/aromatic N) is 3.